The third kappa shape index (κ3) is 10.5. The highest BCUT2D eigenvalue weighted by molar-refractivity contribution is 6.01. The van der Waals surface area contributed by atoms with Crippen LogP contribution in [0.5, 0.6) is 0 Å². The second-order valence-corrected chi connectivity index (χ2v) is 14.8. The molecule has 2 atom stereocenters. The summed E-state index contributed by atoms with van der Waals surface area (Å²) in [5, 5.41) is 4.67. The molecule has 2 aromatic rings. The predicted molar refractivity (Wildman–Crippen MR) is 179 cm³/mol. The summed E-state index contributed by atoms with van der Waals surface area (Å²) < 4.78 is 66.9. The summed E-state index contributed by atoms with van der Waals surface area (Å²) in [6.07, 6.45) is -3.93. The number of alkyl halides is 4. The van der Waals surface area contributed by atoms with E-state index in [1.54, 1.807) is 65.8 Å². The van der Waals surface area contributed by atoms with Gasteiger partial charge in [0, 0.05) is 24.0 Å². The van der Waals surface area contributed by atoms with Crippen LogP contribution in [0, 0.1) is 0 Å². The summed E-state index contributed by atoms with van der Waals surface area (Å²) in [5.74, 6) is -9.44. The highest BCUT2D eigenvalue weighted by Crippen LogP contribution is 2.34. The smallest absolute Gasteiger partial charge is 0.411 e. The molecule has 0 aliphatic carbocycles. The zero-order chi connectivity index (χ0) is 38.8. The number of ketones is 2. The van der Waals surface area contributed by atoms with Crippen molar-refractivity contribution in [2.75, 3.05) is 26.2 Å². The Hall–Kier alpha value is -5.02. The van der Waals surface area contributed by atoms with Gasteiger partial charge in [-0.2, -0.15) is 0 Å². The van der Waals surface area contributed by atoms with Gasteiger partial charge in [-0.3, -0.25) is 29.0 Å². The van der Waals surface area contributed by atoms with E-state index < -0.39 is 110 Å². The molecule has 2 aliphatic heterocycles. The Morgan fingerprint density at radius 2 is 0.923 bits per heavy atom. The highest BCUT2D eigenvalue weighted by Gasteiger charge is 2.52. The first-order valence-electron chi connectivity index (χ1n) is 16.5. The van der Waals surface area contributed by atoms with E-state index in [0.29, 0.717) is 20.9 Å². The summed E-state index contributed by atoms with van der Waals surface area (Å²) in [7, 11) is 0. The van der Waals surface area contributed by atoms with Crippen LogP contribution < -0.4 is 10.6 Å². The number of carbonyl (C=O) groups excluding carboxylic acids is 6. The van der Waals surface area contributed by atoms with Gasteiger partial charge in [0.2, 0.25) is 11.8 Å². The molecule has 0 spiro atoms. The zero-order valence-corrected chi connectivity index (χ0v) is 29.7. The summed E-state index contributed by atoms with van der Waals surface area (Å²) in [5.41, 5.74) is -0.158. The molecule has 0 bridgehead atoms. The van der Waals surface area contributed by atoms with Crippen LogP contribution in [0.3, 0.4) is 0 Å². The first-order chi connectivity index (χ1) is 23.9. The van der Waals surface area contributed by atoms with Crippen molar-refractivity contribution in [2.45, 2.75) is 89.5 Å². The average molecular weight is 735 g/mol. The summed E-state index contributed by atoms with van der Waals surface area (Å²) in [6, 6.07) is 9.49. The fraction of sp³-hybridized carbons (Fsp3) is 0.500. The molecule has 0 aromatic heterocycles. The molecule has 2 aliphatic rings. The van der Waals surface area contributed by atoms with Crippen molar-refractivity contribution in [1.82, 2.24) is 20.4 Å². The van der Waals surface area contributed by atoms with Crippen LogP contribution in [0.15, 0.2) is 48.5 Å². The molecule has 0 radical (unpaired) electrons. The lowest BCUT2D eigenvalue weighted by molar-refractivity contribution is -0.126. The second-order valence-electron chi connectivity index (χ2n) is 14.8. The van der Waals surface area contributed by atoms with Crippen molar-refractivity contribution in [3.05, 3.63) is 59.7 Å². The molecule has 2 saturated heterocycles. The number of nitrogens with one attached hydrogen (secondary N) is 2. The molecule has 0 saturated carbocycles. The van der Waals surface area contributed by atoms with E-state index in [1.165, 1.54) is 24.3 Å². The second kappa shape index (κ2) is 14.9. The Morgan fingerprint density at radius 3 is 1.21 bits per heavy atom. The highest BCUT2D eigenvalue weighted by atomic mass is 19.3. The van der Waals surface area contributed by atoms with Gasteiger partial charge in [0.15, 0.2) is 11.6 Å². The quantitative estimate of drug-likeness (QED) is 0.262. The van der Waals surface area contributed by atoms with E-state index >= 15 is 0 Å². The van der Waals surface area contributed by atoms with E-state index in [4.69, 9.17) is 9.47 Å². The number of hydrogen-bond donors (Lipinski definition) is 2. The molecule has 2 N–H and O–H groups in total. The number of rotatable bonds is 9. The van der Waals surface area contributed by atoms with Gasteiger partial charge in [0.05, 0.1) is 26.2 Å². The maximum absolute atomic E-state index is 14.1. The number of amides is 4. The average Bonchev–Trinajstić information content (AvgIpc) is 3.56. The maximum atomic E-state index is 14.1. The van der Waals surface area contributed by atoms with E-state index in [-0.39, 0.29) is 11.1 Å². The lowest BCUT2D eigenvalue weighted by atomic mass is 10.00. The number of carbonyl (C=O) groups is 6. The Kier molecular flexibility index (Phi) is 11.4. The minimum atomic E-state index is -3.30. The van der Waals surface area contributed by atoms with Crippen LogP contribution in [0.25, 0.3) is 11.1 Å². The standard InChI is InChI=1S/C36H42F4N4O8/c1-33(2,3)51-31(49)43-19-35(37,38)15-25(43)29(47)41-17-27(45)23-11-7-21(8-12-23)22-9-13-24(14-10-22)28(46)18-42-30(48)26-16-36(39,40)20-44(26)32(50)52-34(4,5)6/h7-14,25-26H,15-20H2,1-6H3,(H,41,47)(H,42,48)/t25-,26?/m0/s1. The van der Waals surface area contributed by atoms with Crippen LogP contribution in [0.4, 0.5) is 27.2 Å². The lowest BCUT2D eigenvalue weighted by Crippen LogP contribution is -2.48. The fourth-order valence-corrected chi connectivity index (χ4v) is 5.60. The van der Waals surface area contributed by atoms with Crippen LogP contribution in [-0.2, 0) is 19.1 Å². The number of benzene rings is 2. The van der Waals surface area contributed by atoms with Crippen molar-refractivity contribution in [2.24, 2.45) is 0 Å². The van der Waals surface area contributed by atoms with Crippen LogP contribution >= 0.6 is 0 Å². The van der Waals surface area contributed by atoms with E-state index in [0.717, 1.165) is 0 Å². The molecule has 2 heterocycles. The summed E-state index contributed by atoms with van der Waals surface area (Å²) in [6.45, 7) is 6.42. The normalized spacial score (nSPS) is 19.5. The third-order valence-corrected chi connectivity index (χ3v) is 7.99. The van der Waals surface area contributed by atoms with Crippen LogP contribution in [0.1, 0.15) is 75.1 Å². The van der Waals surface area contributed by atoms with Gasteiger partial charge in [-0.25, -0.2) is 27.2 Å². The van der Waals surface area contributed by atoms with Gasteiger partial charge in [-0.1, -0.05) is 48.5 Å². The first-order valence-corrected chi connectivity index (χ1v) is 16.5. The Balaban J connectivity index is 1.30. The molecule has 4 amide bonds. The van der Waals surface area contributed by atoms with Crippen molar-refractivity contribution in [1.29, 1.82) is 0 Å². The van der Waals surface area contributed by atoms with Gasteiger partial charge < -0.3 is 20.1 Å². The minimum Gasteiger partial charge on any atom is -0.444 e. The molecule has 4 rings (SSSR count). The van der Waals surface area contributed by atoms with E-state index in [1.807, 2.05) is 0 Å². The molecular formula is C36H42F4N4O8. The molecule has 52 heavy (non-hydrogen) atoms. The van der Waals surface area contributed by atoms with Gasteiger partial charge in [-0.15, -0.1) is 0 Å². The van der Waals surface area contributed by atoms with Gasteiger partial charge in [-0.05, 0) is 52.7 Å². The largest absolute Gasteiger partial charge is 0.444 e. The Bertz CT molecular complexity index is 1580. The molecule has 2 aromatic carbocycles. The van der Waals surface area contributed by atoms with Crippen molar-refractivity contribution in [3.63, 3.8) is 0 Å². The number of nitrogens with zero attached hydrogens (tertiary/aromatic N) is 2. The number of ether oxygens (including phenoxy) is 2. The lowest BCUT2D eigenvalue weighted by Gasteiger charge is -2.27. The number of halogens is 4. The monoisotopic (exact) mass is 734 g/mol. The Labute approximate surface area is 298 Å². The number of hydrogen-bond acceptors (Lipinski definition) is 8. The molecule has 1 unspecified atom stereocenters. The Morgan fingerprint density at radius 1 is 0.615 bits per heavy atom. The molecule has 16 heteroatoms. The SMILES string of the molecule is CC(C)(C)OC(=O)N1CC(F)(F)CC1C(=O)NCC(=O)c1ccc(-c2ccc(C(=O)CNC(=O)[C@@H]3CC(F)(F)CN3C(=O)OC(C)(C)C)cc2)cc1. The van der Waals surface area contributed by atoms with Crippen LogP contribution in [-0.4, -0.2) is 107 Å². The number of likely N-dealkylation sites (tertiary alicyclic amines) is 2. The molecule has 12 nitrogen and oxygen atoms in total. The summed E-state index contributed by atoms with van der Waals surface area (Å²) >= 11 is 0. The maximum Gasteiger partial charge on any atom is 0.411 e. The topological polar surface area (TPSA) is 151 Å². The third-order valence-electron chi connectivity index (χ3n) is 7.99. The van der Waals surface area contributed by atoms with Gasteiger partial charge in [0.1, 0.15) is 23.3 Å². The van der Waals surface area contributed by atoms with Crippen molar-refractivity contribution < 1.29 is 55.8 Å². The zero-order valence-electron chi connectivity index (χ0n) is 29.7. The predicted octanol–water partition coefficient (Wildman–Crippen LogP) is 5.24. The first kappa shape index (κ1) is 39.8. The molecule has 2 fully saturated rings. The fourth-order valence-electron chi connectivity index (χ4n) is 5.60. The van der Waals surface area contributed by atoms with Gasteiger partial charge in [0.25, 0.3) is 11.8 Å². The summed E-state index contributed by atoms with van der Waals surface area (Å²) in [4.78, 5) is 77.4. The molecule has 282 valence electrons. The molecular weight excluding hydrogens is 692 g/mol. The van der Waals surface area contributed by atoms with Crippen molar-refractivity contribution >= 4 is 35.6 Å². The van der Waals surface area contributed by atoms with E-state index in [2.05, 4.69) is 10.6 Å². The van der Waals surface area contributed by atoms with E-state index in [9.17, 15) is 46.3 Å². The van der Waals surface area contributed by atoms with Gasteiger partial charge >= 0.3 is 12.2 Å². The minimum absolute atomic E-state index is 0.220. The number of Topliss-reactive ketones (excluding diaryl/α,β-unsaturated/α-hetero) is 2. The van der Waals surface area contributed by atoms with Crippen LogP contribution in [0.2, 0.25) is 0 Å². The van der Waals surface area contributed by atoms with Crippen molar-refractivity contribution in [3.8, 4) is 11.1 Å².